The smallest absolute Gasteiger partial charge is 0.337 e. The maximum atomic E-state index is 11.9. The van der Waals surface area contributed by atoms with Gasteiger partial charge in [-0.15, -0.1) is 0 Å². The zero-order chi connectivity index (χ0) is 16.0. The Bertz CT molecular complexity index is 609. The molecule has 0 aliphatic rings. The second-order valence-corrected chi connectivity index (χ2v) is 5.98. The lowest BCUT2D eigenvalue weighted by atomic mass is 10.2. The van der Waals surface area contributed by atoms with Crippen LogP contribution in [-0.2, 0) is 14.8 Å². The first-order chi connectivity index (χ1) is 9.74. The van der Waals surface area contributed by atoms with E-state index in [0.717, 1.165) is 18.2 Å². The molecule has 0 fully saturated rings. The van der Waals surface area contributed by atoms with Gasteiger partial charge < -0.3 is 9.84 Å². The van der Waals surface area contributed by atoms with E-state index in [1.807, 2.05) is 0 Å². The topological polar surface area (TPSA) is 92.7 Å². The average Bonchev–Trinajstić information content (AvgIpc) is 2.37. The van der Waals surface area contributed by atoms with Crippen molar-refractivity contribution in [3.63, 3.8) is 0 Å². The summed E-state index contributed by atoms with van der Waals surface area (Å²) in [6, 6.07) is 3.19. The molecule has 2 N–H and O–H groups in total. The van der Waals surface area contributed by atoms with E-state index in [1.165, 1.54) is 0 Å². The van der Waals surface area contributed by atoms with Crippen molar-refractivity contribution in [1.29, 1.82) is 0 Å². The molecule has 0 saturated carbocycles. The highest BCUT2D eigenvalue weighted by Gasteiger charge is 2.18. The lowest BCUT2D eigenvalue weighted by Gasteiger charge is -2.08. The molecule has 0 aliphatic carbocycles. The summed E-state index contributed by atoms with van der Waals surface area (Å²) in [4.78, 5) is 10.6. The van der Waals surface area contributed by atoms with Gasteiger partial charge >= 0.3 is 5.97 Å². The van der Waals surface area contributed by atoms with E-state index in [-0.39, 0.29) is 28.6 Å². The maximum absolute atomic E-state index is 11.9. The average molecular weight is 344 g/mol. The van der Waals surface area contributed by atoms with E-state index in [0.29, 0.717) is 0 Å². The highest BCUT2D eigenvalue weighted by molar-refractivity contribution is 7.89. The van der Waals surface area contributed by atoms with E-state index in [9.17, 15) is 22.0 Å². The van der Waals surface area contributed by atoms with Crippen molar-refractivity contribution < 1.29 is 31.8 Å². The predicted molar refractivity (Wildman–Crippen MR) is 70.4 cm³/mol. The summed E-state index contributed by atoms with van der Waals surface area (Å²) in [5, 5.41) is 8.77. The monoisotopic (exact) mass is 343 g/mol. The van der Waals surface area contributed by atoms with Crippen molar-refractivity contribution in [3.8, 4) is 0 Å². The van der Waals surface area contributed by atoms with Crippen molar-refractivity contribution in [3.05, 3.63) is 28.8 Å². The number of nitrogens with one attached hydrogen (secondary N) is 1. The molecule has 1 aromatic carbocycles. The minimum atomic E-state index is -3.97. The van der Waals surface area contributed by atoms with E-state index in [1.54, 1.807) is 0 Å². The van der Waals surface area contributed by atoms with Gasteiger partial charge in [-0.25, -0.2) is 26.7 Å². The summed E-state index contributed by atoms with van der Waals surface area (Å²) in [6.45, 7) is -1.24. The van der Waals surface area contributed by atoms with Crippen LogP contribution >= 0.6 is 11.6 Å². The first-order valence-electron chi connectivity index (χ1n) is 5.62. The number of hydrogen-bond donors (Lipinski definition) is 2. The number of alkyl halides is 2. The molecule has 0 amide bonds. The fourth-order valence-corrected chi connectivity index (χ4v) is 2.58. The molecule has 0 aromatic heterocycles. The molecular weight excluding hydrogens is 332 g/mol. The predicted octanol–water partition coefficient (Wildman–Crippen LogP) is 1.60. The van der Waals surface area contributed by atoms with E-state index in [2.05, 4.69) is 9.46 Å². The number of aromatic carboxylic acids is 1. The van der Waals surface area contributed by atoms with Crippen molar-refractivity contribution in [1.82, 2.24) is 4.72 Å². The van der Waals surface area contributed by atoms with Crippen molar-refractivity contribution in [2.45, 2.75) is 11.3 Å². The molecule has 0 aliphatic heterocycles. The Morgan fingerprint density at radius 3 is 2.67 bits per heavy atom. The number of ether oxygens (including phenoxy) is 1. The summed E-state index contributed by atoms with van der Waals surface area (Å²) in [7, 11) is -3.97. The molecule has 0 spiro atoms. The molecule has 0 radical (unpaired) electrons. The van der Waals surface area contributed by atoms with Gasteiger partial charge in [-0.2, -0.15) is 0 Å². The summed E-state index contributed by atoms with van der Waals surface area (Å²) >= 11 is 5.63. The first kappa shape index (κ1) is 17.8. The van der Waals surface area contributed by atoms with Gasteiger partial charge in [0.1, 0.15) is 6.61 Å². The second-order valence-electron chi connectivity index (χ2n) is 3.81. The molecular formula is C11H12ClF2NO5S. The Morgan fingerprint density at radius 1 is 1.43 bits per heavy atom. The van der Waals surface area contributed by atoms with Crippen LogP contribution < -0.4 is 4.72 Å². The largest absolute Gasteiger partial charge is 0.478 e. The molecule has 0 atom stereocenters. The molecule has 0 unspecified atom stereocenters. The minimum Gasteiger partial charge on any atom is -0.478 e. The molecule has 118 valence electrons. The number of rotatable bonds is 8. The third-order valence-corrected chi connectivity index (χ3v) is 4.05. The molecule has 0 heterocycles. The van der Waals surface area contributed by atoms with Gasteiger partial charge in [-0.1, -0.05) is 11.6 Å². The van der Waals surface area contributed by atoms with Crippen molar-refractivity contribution >= 4 is 27.6 Å². The SMILES string of the molecule is O=C(O)c1cc(S(=O)(=O)NCCOCC(F)F)ccc1Cl. The van der Waals surface area contributed by atoms with E-state index >= 15 is 0 Å². The van der Waals surface area contributed by atoms with Crippen LogP contribution in [0.3, 0.4) is 0 Å². The Hall–Kier alpha value is -1.29. The van der Waals surface area contributed by atoms with Gasteiger partial charge in [0, 0.05) is 6.54 Å². The van der Waals surface area contributed by atoms with Crippen molar-refractivity contribution in [2.24, 2.45) is 0 Å². The standard InChI is InChI=1S/C11H12ClF2NO5S/c12-9-2-1-7(5-8(9)11(16)17)21(18,19)15-3-4-20-6-10(13)14/h1-2,5,10,15H,3-4,6H2,(H,16,17). The summed E-state index contributed by atoms with van der Waals surface area (Å²) < 4.78 is 53.9. The van der Waals surface area contributed by atoms with Crippen LogP contribution in [-0.4, -0.2) is 45.7 Å². The van der Waals surface area contributed by atoms with Crippen LogP contribution in [0, 0.1) is 0 Å². The zero-order valence-electron chi connectivity index (χ0n) is 10.6. The maximum Gasteiger partial charge on any atom is 0.337 e. The Labute approximate surface area is 124 Å². The van der Waals surface area contributed by atoms with Crippen LogP contribution in [0.2, 0.25) is 5.02 Å². The minimum absolute atomic E-state index is 0.0956. The molecule has 10 heteroatoms. The highest BCUT2D eigenvalue weighted by atomic mass is 35.5. The summed E-state index contributed by atoms with van der Waals surface area (Å²) in [6.07, 6.45) is -2.63. The second kappa shape index (κ2) is 7.64. The number of benzene rings is 1. The number of sulfonamides is 1. The number of hydrogen-bond acceptors (Lipinski definition) is 4. The van der Waals surface area contributed by atoms with Crippen LogP contribution in [0.25, 0.3) is 0 Å². The number of carbonyl (C=O) groups is 1. The molecule has 1 rings (SSSR count). The van der Waals surface area contributed by atoms with Crippen LogP contribution in [0.15, 0.2) is 23.1 Å². The van der Waals surface area contributed by atoms with Gasteiger partial charge in [0.2, 0.25) is 10.0 Å². The molecule has 6 nitrogen and oxygen atoms in total. The van der Waals surface area contributed by atoms with Crippen LogP contribution in [0.1, 0.15) is 10.4 Å². The van der Waals surface area contributed by atoms with Gasteiger partial charge in [0.25, 0.3) is 6.43 Å². The number of halogens is 3. The Kier molecular flexibility index (Phi) is 6.46. The third kappa shape index (κ3) is 5.54. The molecule has 21 heavy (non-hydrogen) atoms. The fourth-order valence-electron chi connectivity index (χ4n) is 1.34. The number of carboxylic acid groups (broad SMARTS) is 1. The zero-order valence-corrected chi connectivity index (χ0v) is 12.1. The van der Waals surface area contributed by atoms with E-state index < -0.39 is 29.0 Å². The van der Waals surface area contributed by atoms with Crippen molar-refractivity contribution in [2.75, 3.05) is 19.8 Å². The van der Waals surface area contributed by atoms with Gasteiger partial charge in [-0.3, -0.25) is 0 Å². The Balaban J connectivity index is 2.70. The lowest BCUT2D eigenvalue weighted by Crippen LogP contribution is -2.28. The summed E-state index contributed by atoms with van der Waals surface area (Å²) in [5.41, 5.74) is -0.353. The Morgan fingerprint density at radius 2 is 2.10 bits per heavy atom. The van der Waals surface area contributed by atoms with Gasteiger partial charge in [-0.05, 0) is 18.2 Å². The highest BCUT2D eigenvalue weighted by Crippen LogP contribution is 2.20. The quantitative estimate of drug-likeness (QED) is 0.699. The van der Waals surface area contributed by atoms with Crippen LogP contribution in [0.5, 0.6) is 0 Å². The summed E-state index contributed by atoms with van der Waals surface area (Å²) in [5.74, 6) is -1.36. The molecule has 0 bridgehead atoms. The molecule has 0 saturated heterocycles. The van der Waals surface area contributed by atoms with Gasteiger partial charge in [0.05, 0.1) is 22.1 Å². The fraction of sp³-hybridized carbons (Fsp3) is 0.364. The normalized spacial score (nSPS) is 11.8. The molecule has 1 aromatic rings. The van der Waals surface area contributed by atoms with Gasteiger partial charge in [0.15, 0.2) is 0 Å². The van der Waals surface area contributed by atoms with E-state index in [4.69, 9.17) is 16.7 Å². The third-order valence-electron chi connectivity index (χ3n) is 2.26. The lowest BCUT2D eigenvalue weighted by molar-refractivity contribution is 0.0199. The van der Waals surface area contributed by atoms with Crippen LogP contribution in [0.4, 0.5) is 8.78 Å². The number of carboxylic acids is 1. The first-order valence-corrected chi connectivity index (χ1v) is 7.48.